The molecular weight excluding hydrogens is 1030 g/mol. The molecule has 0 saturated heterocycles. The van der Waals surface area contributed by atoms with E-state index in [1.807, 2.05) is 11.8 Å². The lowest BCUT2D eigenvalue weighted by Gasteiger charge is -2.44. The van der Waals surface area contributed by atoms with Crippen molar-refractivity contribution in [3.63, 3.8) is 0 Å². The molecule has 2 spiro atoms. The van der Waals surface area contributed by atoms with Crippen LogP contribution in [-0.2, 0) is 0 Å². The van der Waals surface area contributed by atoms with E-state index in [9.17, 15) is 0 Å². The number of hydrogen-bond donors (Lipinski definition) is 0. The van der Waals surface area contributed by atoms with Gasteiger partial charge in [-0.25, -0.2) is 0 Å². The predicted octanol–water partition coefficient (Wildman–Crippen LogP) is 12.3. The largest absolute Gasteiger partial charge is 0.311 e. The first-order valence-corrected chi connectivity index (χ1v) is 34.0. The van der Waals surface area contributed by atoms with E-state index < -0.39 is 16.1 Å². The summed E-state index contributed by atoms with van der Waals surface area (Å²) < 4.78 is 0. The van der Waals surface area contributed by atoms with Gasteiger partial charge in [-0.2, -0.15) is 0 Å². The molecule has 0 bridgehead atoms. The van der Waals surface area contributed by atoms with E-state index in [0.717, 1.165) is 0 Å². The van der Waals surface area contributed by atoms with E-state index in [4.69, 9.17) is 0 Å². The highest BCUT2D eigenvalue weighted by Crippen LogP contribution is 2.46. The van der Waals surface area contributed by atoms with Crippen molar-refractivity contribution in [3.8, 4) is 22.3 Å². The Morgan fingerprint density at radius 3 is 0.926 bits per heavy atom. The second-order valence-corrected chi connectivity index (χ2v) is 32.4. The van der Waals surface area contributed by atoms with Gasteiger partial charge in [-0.3, -0.25) is 0 Å². The van der Waals surface area contributed by atoms with Gasteiger partial charge in [-0.15, -0.1) is 0 Å². The zero-order chi connectivity index (χ0) is 54.5. The van der Waals surface area contributed by atoms with Crippen molar-refractivity contribution in [3.05, 3.63) is 259 Å². The first-order valence-electron chi connectivity index (χ1n) is 29.2. The maximum atomic E-state index is 2.60. The van der Waals surface area contributed by atoms with Crippen molar-refractivity contribution in [1.82, 2.24) is 0 Å². The van der Waals surface area contributed by atoms with Crippen molar-refractivity contribution in [2.75, 3.05) is 9.80 Å². The van der Waals surface area contributed by atoms with Gasteiger partial charge < -0.3 is 9.80 Å². The zero-order valence-electron chi connectivity index (χ0n) is 46.7. The smallest absolute Gasteiger partial charge is 0.244 e. The fourth-order valence-electron chi connectivity index (χ4n) is 15.6. The van der Waals surface area contributed by atoms with Crippen LogP contribution >= 0.6 is 11.8 Å². The highest BCUT2D eigenvalue weighted by atomic mass is 32.2. The van der Waals surface area contributed by atoms with Gasteiger partial charge in [-0.1, -0.05) is 264 Å². The van der Waals surface area contributed by atoms with Crippen LogP contribution in [0.3, 0.4) is 0 Å². The second-order valence-electron chi connectivity index (χ2n) is 24.0. The maximum Gasteiger partial charge on any atom is 0.244 e. The summed E-state index contributed by atoms with van der Waals surface area (Å²) in [6.45, 7) is 14.4. The molecule has 0 radical (unpaired) electrons. The minimum atomic E-state index is -2.72. The molecule has 0 N–H and O–H groups in total. The molecule has 2 nitrogen and oxygen atoms in total. The number of fused-ring (bicyclic) bond motifs is 20. The molecule has 0 unspecified atom stereocenters. The highest BCUT2D eigenvalue weighted by molar-refractivity contribution is 8.00. The Morgan fingerprint density at radius 2 is 0.617 bits per heavy atom. The number of hydrogen-bond acceptors (Lipinski definition) is 3. The molecule has 11 aromatic carbocycles. The summed E-state index contributed by atoms with van der Waals surface area (Å²) in [5, 5.41) is 11.7. The lowest BCUT2D eigenvalue weighted by atomic mass is 9.34. The second kappa shape index (κ2) is 18.2. The van der Waals surface area contributed by atoms with Crippen LogP contribution in [0.1, 0.15) is 76.0 Å². The molecule has 5 heterocycles. The van der Waals surface area contributed by atoms with E-state index in [2.05, 4.69) is 294 Å². The molecule has 388 valence electrons. The molecule has 0 atom stereocenters. The van der Waals surface area contributed by atoms with Crippen molar-refractivity contribution < 1.29 is 0 Å². The third kappa shape index (κ3) is 6.64. The summed E-state index contributed by atoms with van der Waals surface area (Å²) in [5.74, 6) is 1.10. The van der Waals surface area contributed by atoms with E-state index >= 15 is 0 Å². The molecule has 0 aromatic heterocycles. The molecule has 0 fully saturated rings. The topological polar surface area (TPSA) is 6.48 Å². The highest BCUT2D eigenvalue weighted by Gasteiger charge is 2.55. The minimum absolute atomic E-state index is 0.0292. The number of para-hydroxylation sites is 4. The monoisotopic (exact) mass is 1090 g/mol. The zero-order valence-corrected chi connectivity index (χ0v) is 49.5. The molecule has 16 rings (SSSR count). The van der Waals surface area contributed by atoms with Crippen LogP contribution in [0.15, 0.2) is 252 Å². The molecule has 5 aliphatic rings. The van der Waals surface area contributed by atoms with Crippen LogP contribution < -0.4 is 67.7 Å². The van der Waals surface area contributed by atoms with Crippen molar-refractivity contribution in [2.45, 2.75) is 69.1 Å². The first kappa shape index (κ1) is 48.7. The normalized spacial score (nSPS) is 15.0. The van der Waals surface area contributed by atoms with Gasteiger partial charge in [-0.05, 0) is 147 Å². The lowest BCUT2D eigenvalue weighted by molar-refractivity contribution is 0.812. The Kier molecular flexibility index (Phi) is 10.9. The van der Waals surface area contributed by atoms with E-state index in [1.165, 1.54) is 141 Å². The summed E-state index contributed by atoms with van der Waals surface area (Å²) in [7, 11) is -5.45. The molecule has 0 saturated carbocycles. The SMILES string of the molecule is CC(C)c1cc(C(C)C)c(B2c3ccc(N4c5ccccc5[Si]5(c6ccccc6-c6ccccc65)c5ccccc54)cc3Sc3cc(N4c5ccccc5[Si]5(c6ccccc6-c6ccccc65)c5ccccc54)ccc32)c(C(C)C)c1. The number of benzene rings is 11. The molecular formula is C75H61BN2SSi2. The van der Waals surface area contributed by atoms with Gasteiger partial charge >= 0.3 is 0 Å². The van der Waals surface area contributed by atoms with Crippen LogP contribution in [0.25, 0.3) is 22.3 Å². The molecule has 6 heteroatoms. The maximum absolute atomic E-state index is 2.72. The number of anilines is 6. The molecule has 5 aliphatic heterocycles. The average molecular weight is 1090 g/mol. The summed E-state index contributed by atoms with van der Waals surface area (Å²) >= 11 is 1.96. The van der Waals surface area contributed by atoms with Crippen LogP contribution in [0.2, 0.25) is 0 Å². The summed E-state index contributed by atoms with van der Waals surface area (Å²) in [6.07, 6.45) is 0. The van der Waals surface area contributed by atoms with Gasteiger partial charge in [0, 0.05) is 43.9 Å². The molecule has 0 amide bonds. The van der Waals surface area contributed by atoms with Gasteiger partial charge in [0.25, 0.3) is 0 Å². The fraction of sp³-hybridized carbons (Fsp3) is 0.120. The van der Waals surface area contributed by atoms with Crippen LogP contribution in [0, 0.1) is 0 Å². The average Bonchev–Trinajstić information content (AvgIpc) is 3.89. The van der Waals surface area contributed by atoms with Crippen LogP contribution in [0.5, 0.6) is 0 Å². The number of rotatable bonds is 6. The standard InChI is InChI=1S/C75H61BN2SSi2/c1-47(2)50-43-57(48(3)4)75(58(44-50)49(5)6)76-59-41-39-51(77-61-27-11-19-35-71(61)80(72-36-20-12-28-62(72)77)67-31-15-7-23-53(67)54-24-8-16-32-68(54)80)45-65(59)79-66-46-52(40-42-60(66)76)78-63-29-13-21-37-73(63)81(74-38-22-14-30-64(74)78)69-33-17-9-25-55(69)56-26-10-18-34-70(56)81/h7-49H,1-6H3. The van der Waals surface area contributed by atoms with E-state index in [0.29, 0.717) is 17.8 Å². The van der Waals surface area contributed by atoms with Gasteiger partial charge in [0.05, 0.1) is 0 Å². The quantitative estimate of drug-likeness (QED) is 0.153. The van der Waals surface area contributed by atoms with Crippen LogP contribution in [-0.4, -0.2) is 22.9 Å². The van der Waals surface area contributed by atoms with Gasteiger partial charge in [0.2, 0.25) is 6.71 Å². The summed E-state index contributed by atoms with van der Waals surface area (Å²) in [4.78, 5) is 7.83. The third-order valence-corrected chi connectivity index (χ3v) is 30.0. The third-order valence-electron chi connectivity index (χ3n) is 18.9. The Morgan fingerprint density at radius 1 is 0.321 bits per heavy atom. The minimum Gasteiger partial charge on any atom is -0.311 e. The van der Waals surface area contributed by atoms with Crippen molar-refractivity contribution in [2.24, 2.45) is 0 Å². The Hall–Kier alpha value is -8.13. The first-order chi connectivity index (χ1) is 39.7. The molecule has 0 aliphatic carbocycles. The summed E-state index contributed by atoms with van der Waals surface area (Å²) in [5.41, 5.74) is 21.6. The predicted molar refractivity (Wildman–Crippen MR) is 352 cm³/mol. The van der Waals surface area contributed by atoms with Gasteiger partial charge in [0.1, 0.15) is 0 Å². The Labute approximate surface area is 483 Å². The van der Waals surface area contributed by atoms with Crippen molar-refractivity contribution in [1.29, 1.82) is 0 Å². The lowest BCUT2D eigenvalue weighted by Crippen LogP contribution is -2.75. The van der Waals surface area contributed by atoms with E-state index in [-0.39, 0.29) is 6.71 Å². The van der Waals surface area contributed by atoms with E-state index in [1.54, 1.807) is 0 Å². The van der Waals surface area contributed by atoms with Gasteiger partial charge in [0.15, 0.2) is 16.1 Å². The summed E-state index contributed by atoms with van der Waals surface area (Å²) in [6, 6.07) is 94.7. The molecule has 11 aromatic rings. The Balaban J connectivity index is 0.911. The molecule has 81 heavy (non-hydrogen) atoms. The number of nitrogens with zero attached hydrogens (tertiary/aromatic N) is 2. The van der Waals surface area contributed by atoms with Crippen LogP contribution in [0.4, 0.5) is 34.1 Å². The Bertz CT molecular complexity index is 3980. The fourth-order valence-corrected chi connectivity index (χ4v) is 27.9. The van der Waals surface area contributed by atoms with Crippen molar-refractivity contribution >= 4 is 127 Å².